The van der Waals surface area contributed by atoms with Gasteiger partial charge in [0.05, 0.1) is 11.7 Å². The highest BCUT2D eigenvalue weighted by Gasteiger charge is 2.30. The number of hydrogen-bond acceptors (Lipinski definition) is 5. The summed E-state index contributed by atoms with van der Waals surface area (Å²) in [6, 6.07) is 5.15. The number of anilines is 1. The van der Waals surface area contributed by atoms with Crippen LogP contribution in [0.4, 0.5) is 10.5 Å². The molecule has 2 N–H and O–H groups in total. The SMILES string of the molecule is CCCNC(=O)Nc1ccc2c(c1)OC[C@H](C)N(CC1CCCC1)C[C@@H](C)[C@H](OC)CN(C)C2=O. The highest BCUT2D eigenvalue weighted by Crippen LogP contribution is 2.29. The van der Waals surface area contributed by atoms with Crippen LogP contribution >= 0.6 is 0 Å². The van der Waals surface area contributed by atoms with Crippen molar-refractivity contribution in [3.8, 4) is 5.75 Å². The lowest BCUT2D eigenvalue weighted by Gasteiger charge is -2.37. The summed E-state index contributed by atoms with van der Waals surface area (Å²) in [6.07, 6.45) is 6.03. The van der Waals surface area contributed by atoms with E-state index >= 15 is 0 Å². The van der Waals surface area contributed by atoms with Gasteiger partial charge in [-0.2, -0.15) is 0 Å². The lowest BCUT2D eigenvalue weighted by atomic mass is 9.99. The Morgan fingerprint density at radius 2 is 1.94 bits per heavy atom. The first-order valence-electron chi connectivity index (χ1n) is 13.2. The van der Waals surface area contributed by atoms with E-state index in [4.69, 9.17) is 9.47 Å². The molecule has 1 heterocycles. The zero-order valence-electron chi connectivity index (χ0n) is 22.1. The molecule has 0 bridgehead atoms. The van der Waals surface area contributed by atoms with Crippen LogP contribution in [0.3, 0.4) is 0 Å². The first kappa shape index (κ1) is 27.3. The molecule has 0 saturated heterocycles. The van der Waals surface area contributed by atoms with E-state index in [-0.39, 0.29) is 30.0 Å². The molecule has 0 spiro atoms. The van der Waals surface area contributed by atoms with Gasteiger partial charge in [-0.25, -0.2) is 4.79 Å². The van der Waals surface area contributed by atoms with Crippen molar-refractivity contribution in [1.82, 2.24) is 15.1 Å². The third-order valence-corrected chi connectivity index (χ3v) is 7.34. The topological polar surface area (TPSA) is 83.1 Å². The van der Waals surface area contributed by atoms with Crippen LogP contribution in [-0.4, -0.2) is 80.8 Å². The van der Waals surface area contributed by atoms with E-state index < -0.39 is 0 Å². The van der Waals surface area contributed by atoms with Crippen LogP contribution < -0.4 is 15.4 Å². The molecule has 1 aromatic rings. The van der Waals surface area contributed by atoms with Gasteiger partial charge in [0.1, 0.15) is 12.4 Å². The van der Waals surface area contributed by atoms with Gasteiger partial charge in [-0.1, -0.05) is 26.7 Å². The number of likely N-dealkylation sites (N-methyl/N-ethyl adjacent to an activating group) is 1. The minimum atomic E-state index is -0.267. The third kappa shape index (κ3) is 7.58. The molecule has 3 rings (SSSR count). The van der Waals surface area contributed by atoms with Crippen LogP contribution in [0, 0.1) is 11.8 Å². The number of urea groups is 1. The number of ether oxygens (including phenoxy) is 2. The van der Waals surface area contributed by atoms with Crippen molar-refractivity contribution in [3.05, 3.63) is 23.8 Å². The maximum absolute atomic E-state index is 13.4. The van der Waals surface area contributed by atoms with Crippen molar-refractivity contribution in [2.24, 2.45) is 11.8 Å². The van der Waals surface area contributed by atoms with Crippen LogP contribution in [0.5, 0.6) is 5.75 Å². The Labute approximate surface area is 210 Å². The van der Waals surface area contributed by atoms with Gasteiger partial charge in [-0.15, -0.1) is 0 Å². The monoisotopic (exact) mass is 488 g/mol. The highest BCUT2D eigenvalue weighted by molar-refractivity contribution is 5.98. The molecule has 1 aliphatic carbocycles. The molecular formula is C27H44N4O4. The molecule has 35 heavy (non-hydrogen) atoms. The predicted molar refractivity (Wildman–Crippen MR) is 139 cm³/mol. The fourth-order valence-corrected chi connectivity index (χ4v) is 5.12. The lowest BCUT2D eigenvalue weighted by Crippen LogP contribution is -2.47. The number of carbonyl (C=O) groups excluding carboxylic acids is 2. The van der Waals surface area contributed by atoms with E-state index in [1.165, 1.54) is 25.7 Å². The lowest BCUT2D eigenvalue weighted by molar-refractivity contribution is 0.00814. The summed E-state index contributed by atoms with van der Waals surface area (Å²) in [4.78, 5) is 29.8. The smallest absolute Gasteiger partial charge is 0.319 e. The molecule has 1 fully saturated rings. The number of hydrogen-bond donors (Lipinski definition) is 2. The summed E-state index contributed by atoms with van der Waals surface area (Å²) >= 11 is 0. The summed E-state index contributed by atoms with van der Waals surface area (Å²) in [5, 5.41) is 5.65. The van der Waals surface area contributed by atoms with Crippen molar-refractivity contribution in [2.75, 3.05) is 52.3 Å². The van der Waals surface area contributed by atoms with Gasteiger partial charge in [0, 0.05) is 58.1 Å². The molecule has 0 unspecified atom stereocenters. The highest BCUT2D eigenvalue weighted by atomic mass is 16.5. The Kier molecular flexibility index (Phi) is 10.2. The minimum absolute atomic E-state index is 0.0609. The second-order valence-electron chi connectivity index (χ2n) is 10.3. The van der Waals surface area contributed by atoms with Gasteiger partial charge in [0.25, 0.3) is 5.91 Å². The summed E-state index contributed by atoms with van der Waals surface area (Å²) in [5.41, 5.74) is 1.09. The maximum atomic E-state index is 13.4. The van der Waals surface area contributed by atoms with E-state index in [1.54, 1.807) is 37.3 Å². The molecule has 0 radical (unpaired) electrons. The summed E-state index contributed by atoms with van der Waals surface area (Å²) in [7, 11) is 3.54. The van der Waals surface area contributed by atoms with E-state index in [0.29, 0.717) is 36.7 Å². The quantitative estimate of drug-likeness (QED) is 0.627. The average molecular weight is 489 g/mol. The van der Waals surface area contributed by atoms with E-state index in [0.717, 1.165) is 25.4 Å². The molecular weight excluding hydrogens is 444 g/mol. The second kappa shape index (κ2) is 13.1. The van der Waals surface area contributed by atoms with Crippen LogP contribution in [0.25, 0.3) is 0 Å². The average Bonchev–Trinajstić information content (AvgIpc) is 3.36. The molecule has 1 aromatic carbocycles. The molecule has 1 aliphatic heterocycles. The molecule has 0 aromatic heterocycles. The first-order valence-corrected chi connectivity index (χ1v) is 13.2. The van der Waals surface area contributed by atoms with Crippen molar-refractivity contribution < 1.29 is 19.1 Å². The summed E-state index contributed by atoms with van der Waals surface area (Å²) in [6.45, 7) is 9.94. The van der Waals surface area contributed by atoms with E-state index in [2.05, 4.69) is 29.4 Å². The molecule has 8 nitrogen and oxygen atoms in total. The van der Waals surface area contributed by atoms with Crippen LogP contribution in [0.15, 0.2) is 18.2 Å². The van der Waals surface area contributed by atoms with Crippen LogP contribution in [-0.2, 0) is 4.74 Å². The number of carbonyl (C=O) groups is 2. The number of nitrogens with one attached hydrogen (secondary N) is 2. The van der Waals surface area contributed by atoms with Gasteiger partial charge in [-0.05, 0) is 50.2 Å². The van der Waals surface area contributed by atoms with Gasteiger partial charge < -0.3 is 25.0 Å². The number of amides is 3. The first-order chi connectivity index (χ1) is 16.8. The van der Waals surface area contributed by atoms with Gasteiger partial charge >= 0.3 is 6.03 Å². The summed E-state index contributed by atoms with van der Waals surface area (Å²) in [5.74, 6) is 1.37. The number of benzene rings is 1. The van der Waals surface area contributed by atoms with E-state index in [1.807, 2.05) is 6.92 Å². The largest absolute Gasteiger partial charge is 0.491 e. The normalized spacial score (nSPS) is 24.8. The number of methoxy groups -OCH3 is 1. The van der Waals surface area contributed by atoms with Crippen molar-refractivity contribution in [2.45, 2.75) is 65.0 Å². The Morgan fingerprint density at radius 1 is 1.20 bits per heavy atom. The Morgan fingerprint density at radius 3 is 2.63 bits per heavy atom. The van der Waals surface area contributed by atoms with Crippen LogP contribution in [0.1, 0.15) is 63.2 Å². The minimum Gasteiger partial charge on any atom is -0.491 e. The predicted octanol–water partition coefficient (Wildman–Crippen LogP) is 4.21. The van der Waals surface area contributed by atoms with Gasteiger partial charge in [-0.3, -0.25) is 9.69 Å². The van der Waals surface area contributed by atoms with Crippen molar-refractivity contribution in [3.63, 3.8) is 0 Å². The Balaban J connectivity index is 1.86. The van der Waals surface area contributed by atoms with Gasteiger partial charge in [0.2, 0.25) is 0 Å². The number of rotatable bonds is 6. The zero-order valence-corrected chi connectivity index (χ0v) is 22.1. The molecule has 196 valence electrons. The number of nitrogens with zero attached hydrogens (tertiary/aromatic N) is 2. The molecule has 3 atom stereocenters. The molecule has 2 aliphatic rings. The van der Waals surface area contributed by atoms with Crippen molar-refractivity contribution >= 4 is 17.6 Å². The fraction of sp³-hybridized carbons (Fsp3) is 0.704. The zero-order chi connectivity index (χ0) is 25.4. The van der Waals surface area contributed by atoms with Gasteiger partial charge in [0.15, 0.2) is 0 Å². The molecule has 1 saturated carbocycles. The molecule has 8 heteroatoms. The Bertz CT molecular complexity index is 842. The van der Waals surface area contributed by atoms with Crippen LogP contribution in [0.2, 0.25) is 0 Å². The maximum Gasteiger partial charge on any atom is 0.319 e. The summed E-state index contributed by atoms with van der Waals surface area (Å²) < 4.78 is 12.1. The molecule has 3 amide bonds. The van der Waals surface area contributed by atoms with Crippen molar-refractivity contribution in [1.29, 1.82) is 0 Å². The Hall–Kier alpha value is -2.32. The van der Waals surface area contributed by atoms with E-state index in [9.17, 15) is 9.59 Å². The standard InChI is InChI=1S/C27H44N4O4/c1-6-13-28-27(33)29-22-11-12-23-24(14-22)35-18-20(3)31(16-21-9-7-8-10-21)15-19(2)25(34-5)17-30(4)26(23)32/h11-12,14,19-21,25H,6-10,13,15-18H2,1-5H3,(H2,28,29,33)/t19-,20+,25-/m1/s1. The fourth-order valence-electron chi connectivity index (χ4n) is 5.12. The number of fused-ring (bicyclic) bond motifs is 1. The second-order valence-corrected chi connectivity index (χ2v) is 10.3. The third-order valence-electron chi connectivity index (χ3n) is 7.34.